The van der Waals surface area contributed by atoms with Gasteiger partial charge in [0.2, 0.25) is 0 Å². The summed E-state index contributed by atoms with van der Waals surface area (Å²) in [4.78, 5) is -0.0220. The average molecular weight is 356 g/mol. The SMILES string of the molecule is O=S(=O)(Cc1ccccc1)CC(Br)CBr. The van der Waals surface area contributed by atoms with Gasteiger partial charge in [0.05, 0.1) is 11.5 Å². The lowest BCUT2D eigenvalue weighted by Crippen LogP contribution is -2.18. The lowest BCUT2D eigenvalue weighted by Gasteiger charge is -2.07. The van der Waals surface area contributed by atoms with E-state index in [-0.39, 0.29) is 16.3 Å². The molecule has 0 aliphatic carbocycles. The van der Waals surface area contributed by atoms with Crippen LogP contribution >= 0.6 is 31.9 Å². The van der Waals surface area contributed by atoms with Gasteiger partial charge in [-0.2, -0.15) is 0 Å². The topological polar surface area (TPSA) is 34.1 Å². The van der Waals surface area contributed by atoms with E-state index < -0.39 is 9.84 Å². The van der Waals surface area contributed by atoms with Gasteiger partial charge < -0.3 is 0 Å². The van der Waals surface area contributed by atoms with E-state index >= 15 is 0 Å². The molecule has 0 fully saturated rings. The Hall–Kier alpha value is 0.130. The van der Waals surface area contributed by atoms with E-state index in [0.29, 0.717) is 5.33 Å². The van der Waals surface area contributed by atoms with Crippen molar-refractivity contribution in [1.82, 2.24) is 0 Å². The maximum Gasteiger partial charge on any atom is 0.155 e. The molecule has 1 aromatic carbocycles. The second-order valence-corrected chi connectivity index (χ2v) is 7.34. The first-order valence-electron chi connectivity index (χ1n) is 4.48. The second-order valence-electron chi connectivity index (χ2n) is 3.29. The minimum atomic E-state index is -3.02. The maximum absolute atomic E-state index is 11.7. The first-order valence-corrected chi connectivity index (χ1v) is 8.34. The minimum Gasteiger partial charge on any atom is -0.228 e. The highest BCUT2D eigenvalue weighted by atomic mass is 79.9. The van der Waals surface area contributed by atoms with Gasteiger partial charge in [0.25, 0.3) is 0 Å². The Morgan fingerprint density at radius 2 is 1.80 bits per heavy atom. The number of benzene rings is 1. The van der Waals surface area contributed by atoms with Crippen molar-refractivity contribution in [3.05, 3.63) is 35.9 Å². The molecule has 1 aromatic rings. The van der Waals surface area contributed by atoms with E-state index in [4.69, 9.17) is 0 Å². The van der Waals surface area contributed by atoms with Crippen LogP contribution in [-0.4, -0.2) is 24.3 Å². The van der Waals surface area contributed by atoms with E-state index in [2.05, 4.69) is 31.9 Å². The Bertz CT molecular complexity index is 389. The van der Waals surface area contributed by atoms with Crippen LogP contribution in [-0.2, 0) is 15.6 Å². The van der Waals surface area contributed by atoms with Crippen molar-refractivity contribution < 1.29 is 8.42 Å². The largest absolute Gasteiger partial charge is 0.228 e. The van der Waals surface area contributed by atoms with Crippen molar-refractivity contribution in [2.45, 2.75) is 10.6 Å². The Labute approximate surface area is 107 Å². The molecule has 84 valence electrons. The molecule has 1 atom stereocenters. The third-order valence-electron chi connectivity index (χ3n) is 1.83. The fourth-order valence-electron chi connectivity index (χ4n) is 1.21. The monoisotopic (exact) mass is 354 g/mol. The summed E-state index contributed by atoms with van der Waals surface area (Å²) in [6, 6.07) is 9.23. The molecule has 15 heavy (non-hydrogen) atoms. The van der Waals surface area contributed by atoms with Crippen molar-refractivity contribution in [3.63, 3.8) is 0 Å². The third kappa shape index (κ3) is 5.13. The smallest absolute Gasteiger partial charge is 0.155 e. The zero-order valence-electron chi connectivity index (χ0n) is 8.07. The first kappa shape index (κ1) is 13.2. The van der Waals surface area contributed by atoms with Gasteiger partial charge in [-0.25, -0.2) is 8.42 Å². The molecule has 0 aromatic heterocycles. The van der Waals surface area contributed by atoms with Gasteiger partial charge in [0.1, 0.15) is 0 Å². The zero-order valence-corrected chi connectivity index (χ0v) is 12.1. The molecule has 0 saturated heterocycles. The molecule has 0 N–H and O–H groups in total. The highest BCUT2D eigenvalue weighted by Crippen LogP contribution is 2.12. The zero-order chi connectivity index (χ0) is 11.3. The summed E-state index contributed by atoms with van der Waals surface area (Å²) in [7, 11) is -3.02. The van der Waals surface area contributed by atoms with Gasteiger partial charge in [0.15, 0.2) is 9.84 Å². The summed E-state index contributed by atoms with van der Waals surface area (Å²) in [5, 5.41) is 0.640. The molecule has 0 bridgehead atoms. The Morgan fingerprint density at radius 3 is 2.33 bits per heavy atom. The standard InChI is InChI=1S/C10H12Br2O2S/c11-6-10(12)8-15(13,14)7-9-4-2-1-3-5-9/h1-5,10H,6-8H2. The van der Waals surface area contributed by atoms with E-state index in [1.54, 1.807) is 0 Å². The quantitative estimate of drug-likeness (QED) is 0.761. The molecule has 1 unspecified atom stereocenters. The van der Waals surface area contributed by atoms with Crippen LogP contribution in [0, 0.1) is 0 Å². The van der Waals surface area contributed by atoms with Gasteiger partial charge in [-0.15, -0.1) is 0 Å². The van der Waals surface area contributed by atoms with Crippen LogP contribution in [0.4, 0.5) is 0 Å². The van der Waals surface area contributed by atoms with Crippen LogP contribution in [0.3, 0.4) is 0 Å². The minimum absolute atomic E-state index is 0.0220. The van der Waals surface area contributed by atoms with Gasteiger partial charge in [0, 0.05) is 10.2 Å². The average Bonchev–Trinajstić information content (AvgIpc) is 2.17. The number of rotatable bonds is 5. The number of hydrogen-bond acceptors (Lipinski definition) is 2. The van der Waals surface area contributed by atoms with E-state index in [0.717, 1.165) is 5.56 Å². The predicted molar refractivity (Wildman–Crippen MR) is 70.4 cm³/mol. The molecule has 5 heteroatoms. The lowest BCUT2D eigenvalue weighted by atomic mass is 10.2. The van der Waals surface area contributed by atoms with Crippen LogP contribution in [0.5, 0.6) is 0 Å². The molecule has 0 saturated carbocycles. The van der Waals surface area contributed by atoms with E-state index in [9.17, 15) is 8.42 Å². The van der Waals surface area contributed by atoms with Gasteiger partial charge in [-0.05, 0) is 5.56 Å². The maximum atomic E-state index is 11.7. The molecule has 0 aliphatic heterocycles. The Kier molecular flexibility index (Phi) is 5.29. The Morgan fingerprint density at radius 1 is 1.20 bits per heavy atom. The van der Waals surface area contributed by atoms with E-state index in [1.807, 2.05) is 30.3 Å². The van der Waals surface area contributed by atoms with Crippen molar-refractivity contribution in [2.24, 2.45) is 0 Å². The molecule has 0 radical (unpaired) electrons. The molecule has 0 amide bonds. The molecule has 2 nitrogen and oxygen atoms in total. The number of sulfone groups is 1. The number of alkyl halides is 2. The third-order valence-corrected chi connectivity index (χ3v) is 6.24. The lowest BCUT2D eigenvalue weighted by molar-refractivity contribution is 0.595. The molecule has 1 rings (SSSR count). The summed E-state index contributed by atoms with van der Waals surface area (Å²) in [5.41, 5.74) is 0.840. The summed E-state index contributed by atoms with van der Waals surface area (Å²) in [6.07, 6.45) is 0. The molecule has 0 spiro atoms. The highest BCUT2D eigenvalue weighted by molar-refractivity contribution is 9.12. The molecule has 0 heterocycles. The number of hydrogen-bond donors (Lipinski definition) is 0. The van der Waals surface area contributed by atoms with Crippen molar-refractivity contribution in [3.8, 4) is 0 Å². The predicted octanol–water partition coefficient (Wildman–Crippen LogP) is 2.76. The van der Waals surface area contributed by atoms with Crippen molar-refractivity contribution in [1.29, 1.82) is 0 Å². The van der Waals surface area contributed by atoms with Crippen LogP contribution in [0.25, 0.3) is 0 Å². The molecule has 0 aliphatic rings. The fraction of sp³-hybridized carbons (Fsp3) is 0.400. The Balaban J connectivity index is 2.65. The normalized spacial score (nSPS) is 13.7. The first-order chi connectivity index (χ1) is 7.03. The van der Waals surface area contributed by atoms with Crippen LogP contribution in [0.1, 0.15) is 5.56 Å². The van der Waals surface area contributed by atoms with Crippen LogP contribution in [0.15, 0.2) is 30.3 Å². The number of halogens is 2. The second kappa shape index (κ2) is 6.01. The fourth-order valence-corrected chi connectivity index (χ4v) is 4.43. The highest BCUT2D eigenvalue weighted by Gasteiger charge is 2.16. The van der Waals surface area contributed by atoms with Crippen LogP contribution < -0.4 is 0 Å². The summed E-state index contributed by atoms with van der Waals surface area (Å²) in [6.45, 7) is 0. The summed E-state index contributed by atoms with van der Waals surface area (Å²) < 4.78 is 23.4. The summed E-state index contributed by atoms with van der Waals surface area (Å²) >= 11 is 6.54. The van der Waals surface area contributed by atoms with E-state index in [1.165, 1.54) is 0 Å². The van der Waals surface area contributed by atoms with Crippen LogP contribution in [0.2, 0.25) is 0 Å². The van der Waals surface area contributed by atoms with Gasteiger partial charge in [-0.1, -0.05) is 62.2 Å². The van der Waals surface area contributed by atoms with Gasteiger partial charge >= 0.3 is 0 Å². The van der Waals surface area contributed by atoms with Crippen molar-refractivity contribution in [2.75, 3.05) is 11.1 Å². The molecular weight excluding hydrogens is 344 g/mol. The molecular formula is C10H12Br2O2S. The summed E-state index contributed by atoms with van der Waals surface area (Å²) in [5.74, 6) is 0.274. The van der Waals surface area contributed by atoms with Gasteiger partial charge in [-0.3, -0.25) is 0 Å². The van der Waals surface area contributed by atoms with Crippen molar-refractivity contribution >= 4 is 41.7 Å².